The third-order valence-electron chi connectivity index (χ3n) is 3.86. The molecule has 0 aliphatic carbocycles. The molecule has 1 amide bonds. The number of benzene rings is 2. The number of nitrogens with zero attached hydrogens (tertiary/aromatic N) is 1. The summed E-state index contributed by atoms with van der Waals surface area (Å²) in [5.74, 6) is 0.684. The van der Waals surface area contributed by atoms with Gasteiger partial charge in [-0.3, -0.25) is 4.79 Å². The first-order valence-corrected chi connectivity index (χ1v) is 9.29. The van der Waals surface area contributed by atoms with E-state index in [4.69, 9.17) is 21.1 Å². The van der Waals surface area contributed by atoms with E-state index < -0.39 is 22.7 Å². The molecule has 2 aromatic rings. The zero-order chi connectivity index (χ0) is 21.2. The van der Waals surface area contributed by atoms with Gasteiger partial charge in [-0.25, -0.2) is 4.99 Å². The van der Waals surface area contributed by atoms with Crippen LogP contribution >= 0.6 is 23.4 Å². The fraction of sp³-hybridized carbons (Fsp3) is 0.158. The predicted molar refractivity (Wildman–Crippen MR) is 107 cm³/mol. The van der Waals surface area contributed by atoms with E-state index in [0.29, 0.717) is 22.0 Å². The average Bonchev–Trinajstić information content (AvgIpc) is 3.01. The van der Waals surface area contributed by atoms with E-state index in [1.54, 1.807) is 24.3 Å². The van der Waals surface area contributed by atoms with E-state index in [2.05, 4.69) is 10.3 Å². The minimum atomic E-state index is -4.60. The lowest BCUT2D eigenvalue weighted by molar-refractivity contribution is -0.137. The van der Waals surface area contributed by atoms with Crippen molar-refractivity contribution >= 4 is 46.2 Å². The third kappa shape index (κ3) is 4.86. The topological polar surface area (TPSA) is 59.9 Å². The van der Waals surface area contributed by atoms with E-state index in [-0.39, 0.29) is 10.9 Å². The molecule has 1 saturated heterocycles. The van der Waals surface area contributed by atoms with Crippen LogP contribution in [0.25, 0.3) is 6.08 Å². The lowest BCUT2D eigenvalue weighted by atomic mass is 10.1. The number of nitrogens with one attached hydrogen (secondary N) is 1. The second kappa shape index (κ2) is 8.38. The molecule has 0 radical (unpaired) electrons. The summed E-state index contributed by atoms with van der Waals surface area (Å²) >= 11 is 6.61. The van der Waals surface area contributed by atoms with Gasteiger partial charge in [0.15, 0.2) is 5.17 Å². The largest absolute Gasteiger partial charge is 0.497 e. The quantitative estimate of drug-likeness (QED) is 0.655. The maximum Gasteiger partial charge on any atom is 0.417 e. The van der Waals surface area contributed by atoms with Crippen molar-refractivity contribution < 1.29 is 27.4 Å². The maximum absolute atomic E-state index is 13.0. The van der Waals surface area contributed by atoms with Crippen molar-refractivity contribution in [2.75, 3.05) is 14.2 Å². The second-order valence-corrected chi connectivity index (χ2v) is 7.19. The number of alkyl halides is 3. The highest BCUT2D eigenvalue weighted by atomic mass is 35.5. The number of halogens is 4. The summed E-state index contributed by atoms with van der Waals surface area (Å²) in [7, 11) is 3.01. The molecule has 0 bridgehead atoms. The standard InChI is InChI=1S/C19H14ClF3N2O3S/c1-27-12-4-6-15(28-2)10(7-12)8-16-17(26)25-18(29-16)24-11-3-5-14(20)13(9-11)19(21,22)23/h3-9H,1-2H3,(H,24,25,26). The van der Waals surface area contributed by atoms with Crippen molar-refractivity contribution in [2.24, 2.45) is 4.99 Å². The van der Waals surface area contributed by atoms with Crippen LogP contribution in [0.15, 0.2) is 46.3 Å². The lowest BCUT2D eigenvalue weighted by Crippen LogP contribution is -2.19. The molecule has 0 saturated carbocycles. The molecule has 29 heavy (non-hydrogen) atoms. The number of thioether (sulfide) groups is 1. The van der Waals surface area contributed by atoms with Crippen molar-refractivity contribution in [3.63, 3.8) is 0 Å². The van der Waals surface area contributed by atoms with Crippen LogP contribution in [0, 0.1) is 0 Å². The van der Waals surface area contributed by atoms with Crippen molar-refractivity contribution in [3.8, 4) is 11.5 Å². The van der Waals surface area contributed by atoms with Gasteiger partial charge in [0, 0.05) is 5.56 Å². The van der Waals surface area contributed by atoms with Gasteiger partial charge < -0.3 is 14.8 Å². The number of carbonyl (C=O) groups excluding carboxylic acids is 1. The summed E-state index contributed by atoms with van der Waals surface area (Å²) in [6, 6.07) is 8.39. The molecule has 0 spiro atoms. The zero-order valence-corrected chi connectivity index (χ0v) is 16.7. The predicted octanol–water partition coefficient (Wildman–Crippen LogP) is 5.27. The highest BCUT2D eigenvalue weighted by Crippen LogP contribution is 2.38. The molecule has 5 nitrogen and oxygen atoms in total. The van der Waals surface area contributed by atoms with Gasteiger partial charge >= 0.3 is 6.18 Å². The fourth-order valence-electron chi connectivity index (χ4n) is 2.49. The Bertz CT molecular complexity index is 1020. The molecule has 0 unspecified atom stereocenters. The molecule has 152 valence electrons. The fourth-order valence-corrected chi connectivity index (χ4v) is 3.55. The van der Waals surface area contributed by atoms with Crippen molar-refractivity contribution in [1.29, 1.82) is 0 Å². The SMILES string of the molecule is COc1ccc(OC)c(C=C2SC(=Nc3ccc(Cl)c(C(F)(F)F)c3)NC2=O)c1. The van der Waals surface area contributed by atoms with Crippen LogP contribution in [0.3, 0.4) is 0 Å². The summed E-state index contributed by atoms with van der Waals surface area (Å²) < 4.78 is 49.5. The molecule has 10 heteroatoms. The molecule has 0 atom stereocenters. The molecule has 1 N–H and O–H groups in total. The normalized spacial score (nSPS) is 17.0. The summed E-state index contributed by atoms with van der Waals surface area (Å²) in [4.78, 5) is 16.6. The number of aliphatic imine (C=N–C) groups is 1. The molecule has 1 aliphatic heterocycles. The van der Waals surface area contributed by atoms with E-state index in [1.807, 2.05) is 0 Å². The van der Waals surface area contributed by atoms with Crippen LogP contribution in [-0.2, 0) is 11.0 Å². The molecule has 0 aromatic heterocycles. The summed E-state index contributed by atoms with van der Waals surface area (Å²) in [6.07, 6.45) is -3.01. The van der Waals surface area contributed by atoms with Crippen LogP contribution in [0.5, 0.6) is 11.5 Å². The second-order valence-electron chi connectivity index (χ2n) is 5.75. The average molecular weight is 443 g/mol. The first kappa shape index (κ1) is 21.1. The van der Waals surface area contributed by atoms with Crippen LogP contribution in [0.1, 0.15) is 11.1 Å². The Morgan fingerprint density at radius 1 is 1.14 bits per heavy atom. The van der Waals surface area contributed by atoms with Crippen LogP contribution in [0.2, 0.25) is 5.02 Å². The number of hydrogen-bond acceptors (Lipinski definition) is 5. The molecule has 1 aliphatic rings. The summed E-state index contributed by atoms with van der Waals surface area (Å²) in [5, 5.41) is 2.26. The summed E-state index contributed by atoms with van der Waals surface area (Å²) in [6.45, 7) is 0. The van der Waals surface area contributed by atoms with Gasteiger partial charge in [0.2, 0.25) is 0 Å². The third-order valence-corrected chi connectivity index (χ3v) is 5.10. The number of amides is 1. The van der Waals surface area contributed by atoms with Gasteiger partial charge in [0.05, 0.1) is 35.4 Å². The minimum absolute atomic E-state index is 0.0183. The number of hydrogen-bond donors (Lipinski definition) is 1. The van der Waals surface area contributed by atoms with E-state index in [9.17, 15) is 18.0 Å². The van der Waals surface area contributed by atoms with Crippen LogP contribution in [0.4, 0.5) is 18.9 Å². The van der Waals surface area contributed by atoms with Crippen LogP contribution < -0.4 is 14.8 Å². The smallest absolute Gasteiger partial charge is 0.417 e. The number of ether oxygens (including phenoxy) is 2. The van der Waals surface area contributed by atoms with Gasteiger partial charge in [-0.2, -0.15) is 13.2 Å². The van der Waals surface area contributed by atoms with E-state index >= 15 is 0 Å². The number of amidine groups is 1. The highest BCUT2D eigenvalue weighted by Gasteiger charge is 2.33. The van der Waals surface area contributed by atoms with Gasteiger partial charge in [-0.05, 0) is 54.2 Å². The molecule has 1 heterocycles. The number of methoxy groups -OCH3 is 2. The first-order valence-electron chi connectivity index (χ1n) is 8.09. The van der Waals surface area contributed by atoms with E-state index in [0.717, 1.165) is 23.9 Å². The Balaban J connectivity index is 1.90. The highest BCUT2D eigenvalue weighted by molar-refractivity contribution is 8.18. The van der Waals surface area contributed by atoms with Crippen LogP contribution in [-0.4, -0.2) is 25.3 Å². The van der Waals surface area contributed by atoms with Gasteiger partial charge in [-0.1, -0.05) is 11.6 Å². The molecule has 3 rings (SSSR count). The number of rotatable bonds is 4. The van der Waals surface area contributed by atoms with Gasteiger partial charge in [-0.15, -0.1) is 0 Å². The van der Waals surface area contributed by atoms with Gasteiger partial charge in [0.25, 0.3) is 5.91 Å². The Labute approximate surface area is 173 Å². The molecular weight excluding hydrogens is 429 g/mol. The molecular formula is C19H14ClF3N2O3S. The van der Waals surface area contributed by atoms with E-state index in [1.165, 1.54) is 20.3 Å². The monoisotopic (exact) mass is 442 g/mol. The van der Waals surface area contributed by atoms with Crippen molar-refractivity contribution in [1.82, 2.24) is 5.32 Å². The van der Waals surface area contributed by atoms with Crippen molar-refractivity contribution in [3.05, 3.63) is 57.5 Å². The lowest BCUT2D eigenvalue weighted by Gasteiger charge is -2.09. The number of carbonyl (C=O) groups is 1. The summed E-state index contributed by atoms with van der Waals surface area (Å²) in [5.41, 5.74) is -0.367. The Hall–Kier alpha value is -2.65. The first-order chi connectivity index (χ1) is 13.7. The maximum atomic E-state index is 13.0. The van der Waals surface area contributed by atoms with Crippen molar-refractivity contribution in [2.45, 2.75) is 6.18 Å². The Morgan fingerprint density at radius 3 is 2.55 bits per heavy atom. The molecule has 2 aromatic carbocycles. The minimum Gasteiger partial charge on any atom is -0.497 e. The van der Waals surface area contributed by atoms with Gasteiger partial charge in [0.1, 0.15) is 11.5 Å². The zero-order valence-electron chi connectivity index (χ0n) is 15.1. The Kier molecular flexibility index (Phi) is 6.09. The molecule has 1 fully saturated rings. The Morgan fingerprint density at radius 2 is 1.90 bits per heavy atom.